The summed E-state index contributed by atoms with van der Waals surface area (Å²) in [6, 6.07) is 3.51. The van der Waals surface area contributed by atoms with Crippen molar-refractivity contribution < 1.29 is 14.3 Å². The monoisotopic (exact) mass is 330 g/mol. The molecule has 7 heteroatoms. The number of carbonyl (C=O) groups is 2. The summed E-state index contributed by atoms with van der Waals surface area (Å²) in [7, 11) is 0. The van der Waals surface area contributed by atoms with Crippen molar-refractivity contribution in [3.05, 3.63) is 17.8 Å². The van der Waals surface area contributed by atoms with Crippen LogP contribution >= 0.6 is 0 Å². The third kappa shape index (κ3) is 2.11. The molecular weight excluding hydrogens is 308 g/mol. The number of hydrogen-bond donors (Lipinski definition) is 0. The molecule has 3 saturated heterocycles. The van der Waals surface area contributed by atoms with E-state index in [4.69, 9.17) is 4.74 Å². The number of urea groups is 1. The standard InChI is InChI=1S/C17H22N4O3/c1-12-13(4-5-14(18-12)19-8-10-24-11-9-19)21-15(22)17(2)6-3-7-20(17)16(21)23/h4-5H,3,6-11H2,1-2H3/t17-/m0/s1. The molecule has 0 saturated carbocycles. The molecule has 7 nitrogen and oxygen atoms in total. The highest BCUT2D eigenvalue weighted by Gasteiger charge is 2.57. The Morgan fingerprint density at radius 2 is 1.92 bits per heavy atom. The zero-order valence-corrected chi connectivity index (χ0v) is 14.1. The number of rotatable bonds is 2. The maximum atomic E-state index is 12.9. The maximum Gasteiger partial charge on any atom is 0.332 e. The number of amides is 3. The summed E-state index contributed by atoms with van der Waals surface area (Å²) in [5.74, 6) is 0.736. The van der Waals surface area contributed by atoms with Gasteiger partial charge in [-0.25, -0.2) is 14.7 Å². The quantitative estimate of drug-likeness (QED) is 0.770. The van der Waals surface area contributed by atoms with Gasteiger partial charge in [0.15, 0.2) is 0 Å². The van der Waals surface area contributed by atoms with Gasteiger partial charge < -0.3 is 14.5 Å². The van der Waals surface area contributed by atoms with Gasteiger partial charge in [0.2, 0.25) is 0 Å². The summed E-state index contributed by atoms with van der Waals surface area (Å²) in [6.45, 7) is 7.36. The smallest absolute Gasteiger partial charge is 0.332 e. The number of morpholine rings is 1. The lowest BCUT2D eigenvalue weighted by Crippen LogP contribution is -2.41. The highest BCUT2D eigenvalue weighted by atomic mass is 16.5. The Bertz CT molecular complexity index is 701. The molecule has 0 aromatic carbocycles. The zero-order chi connectivity index (χ0) is 16.9. The number of carbonyl (C=O) groups excluding carboxylic acids is 2. The van der Waals surface area contributed by atoms with Crippen LogP contribution < -0.4 is 9.80 Å². The molecule has 0 unspecified atom stereocenters. The molecule has 0 spiro atoms. The first-order chi connectivity index (χ1) is 11.5. The number of fused-ring (bicyclic) bond motifs is 1. The highest BCUT2D eigenvalue weighted by Crippen LogP contribution is 2.40. The number of aromatic nitrogens is 1. The van der Waals surface area contributed by atoms with Crippen molar-refractivity contribution in [2.45, 2.75) is 32.2 Å². The van der Waals surface area contributed by atoms with Crippen LogP contribution in [0.5, 0.6) is 0 Å². The van der Waals surface area contributed by atoms with Crippen LogP contribution in [0.1, 0.15) is 25.5 Å². The average Bonchev–Trinajstić information content (AvgIpc) is 3.06. The van der Waals surface area contributed by atoms with Gasteiger partial charge in [-0.1, -0.05) is 0 Å². The van der Waals surface area contributed by atoms with Gasteiger partial charge in [0.05, 0.1) is 24.6 Å². The van der Waals surface area contributed by atoms with E-state index >= 15 is 0 Å². The molecule has 0 aliphatic carbocycles. The third-order valence-electron chi connectivity index (χ3n) is 5.35. The number of pyridine rings is 1. The average molecular weight is 330 g/mol. The van der Waals surface area contributed by atoms with Gasteiger partial charge in [0.1, 0.15) is 11.4 Å². The molecule has 128 valence electrons. The van der Waals surface area contributed by atoms with Crippen molar-refractivity contribution in [1.29, 1.82) is 0 Å². The van der Waals surface area contributed by atoms with Crippen LogP contribution in [0, 0.1) is 6.92 Å². The largest absolute Gasteiger partial charge is 0.378 e. The Morgan fingerprint density at radius 3 is 2.58 bits per heavy atom. The molecule has 0 N–H and O–H groups in total. The van der Waals surface area contributed by atoms with E-state index in [1.54, 1.807) is 4.90 Å². The van der Waals surface area contributed by atoms with Crippen LogP contribution in [-0.2, 0) is 9.53 Å². The van der Waals surface area contributed by atoms with Crippen LogP contribution in [0.4, 0.5) is 16.3 Å². The molecule has 4 heterocycles. The van der Waals surface area contributed by atoms with Crippen molar-refractivity contribution in [2.75, 3.05) is 42.6 Å². The predicted molar refractivity (Wildman–Crippen MR) is 89.2 cm³/mol. The molecule has 1 atom stereocenters. The molecule has 3 aliphatic heterocycles. The van der Waals surface area contributed by atoms with E-state index < -0.39 is 5.54 Å². The molecular formula is C17H22N4O3. The fraction of sp³-hybridized carbons (Fsp3) is 0.588. The third-order valence-corrected chi connectivity index (χ3v) is 5.35. The van der Waals surface area contributed by atoms with Crippen LogP contribution in [0.2, 0.25) is 0 Å². The summed E-state index contributed by atoms with van der Waals surface area (Å²) >= 11 is 0. The van der Waals surface area contributed by atoms with E-state index in [0.717, 1.165) is 31.7 Å². The van der Waals surface area contributed by atoms with E-state index in [0.29, 0.717) is 31.1 Å². The normalized spacial score (nSPS) is 27.2. The number of anilines is 2. The first kappa shape index (κ1) is 15.4. The predicted octanol–water partition coefficient (Wildman–Crippen LogP) is 1.55. The molecule has 1 aromatic heterocycles. The van der Waals surface area contributed by atoms with Crippen LogP contribution in [0.15, 0.2) is 12.1 Å². The Hall–Kier alpha value is -2.15. The summed E-state index contributed by atoms with van der Waals surface area (Å²) in [6.07, 6.45) is 1.61. The molecule has 0 bridgehead atoms. The minimum Gasteiger partial charge on any atom is -0.378 e. The molecule has 3 aliphatic rings. The lowest BCUT2D eigenvalue weighted by molar-refractivity contribution is -0.123. The van der Waals surface area contributed by atoms with Gasteiger partial charge in [-0.15, -0.1) is 0 Å². The van der Waals surface area contributed by atoms with Crippen LogP contribution in [0.25, 0.3) is 0 Å². The topological polar surface area (TPSA) is 66.0 Å². The molecule has 24 heavy (non-hydrogen) atoms. The number of ether oxygens (including phenoxy) is 1. The van der Waals surface area contributed by atoms with Gasteiger partial charge >= 0.3 is 6.03 Å². The summed E-state index contributed by atoms with van der Waals surface area (Å²) in [5.41, 5.74) is 0.606. The fourth-order valence-electron chi connectivity index (χ4n) is 3.90. The summed E-state index contributed by atoms with van der Waals surface area (Å²) < 4.78 is 5.37. The minimum atomic E-state index is -0.688. The first-order valence-electron chi connectivity index (χ1n) is 8.49. The van der Waals surface area contributed by atoms with E-state index in [-0.39, 0.29) is 11.9 Å². The summed E-state index contributed by atoms with van der Waals surface area (Å²) in [5, 5.41) is 0. The minimum absolute atomic E-state index is 0.131. The van der Waals surface area contributed by atoms with E-state index in [9.17, 15) is 9.59 Å². The van der Waals surface area contributed by atoms with Crippen LogP contribution in [-0.4, -0.2) is 60.2 Å². The van der Waals surface area contributed by atoms with Crippen molar-refractivity contribution in [3.8, 4) is 0 Å². The van der Waals surface area contributed by atoms with E-state index in [2.05, 4.69) is 9.88 Å². The second-order valence-electron chi connectivity index (χ2n) is 6.83. The van der Waals surface area contributed by atoms with Gasteiger partial charge in [-0.3, -0.25) is 4.79 Å². The first-order valence-corrected chi connectivity index (χ1v) is 8.49. The van der Waals surface area contributed by atoms with Gasteiger partial charge in [0, 0.05) is 19.6 Å². The Morgan fingerprint density at radius 1 is 1.17 bits per heavy atom. The SMILES string of the molecule is Cc1nc(N2CCOCC2)ccc1N1C(=O)N2CCC[C@@]2(C)C1=O. The molecule has 1 aromatic rings. The Balaban J connectivity index is 1.65. The summed E-state index contributed by atoms with van der Waals surface area (Å²) in [4.78, 5) is 35.4. The van der Waals surface area contributed by atoms with Crippen molar-refractivity contribution in [2.24, 2.45) is 0 Å². The van der Waals surface area contributed by atoms with Crippen molar-refractivity contribution in [3.63, 3.8) is 0 Å². The molecule has 3 fully saturated rings. The van der Waals surface area contributed by atoms with Crippen molar-refractivity contribution >= 4 is 23.4 Å². The number of aryl methyl sites for hydroxylation is 1. The van der Waals surface area contributed by atoms with Crippen molar-refractivity contribution in [1.82, 2.24) is 9.88 Å². The number of nitrogens with zero attached hydrogens (tertiary/aromatic N) is 4. The fourth-order valence-corrected chi connectivity index (χ4v) is 3.90. The Kier molecular flexibility index (Phi) is 3.49. The van der Waals surface area contributed by atoms with Gasteiger partial charge in [-0.2, -0.15) is 0 Å². The molecule has 0 radical (unpaired) electrons. The zero-order valence-electron chi connectivity index (χ0n) is 14.1. The molecule has 4 rings (SSSR count). The number of imide groups is 1. The van der Waals surface area contributed by atoms with E-state index in [1.165, 1.54) is 4.90 Å². The lowest BCUT2D eigenvalue weighted by Gasteiger charge is -2.28. The van der Waals surface area contributed by atoms with E-state index in [1.807, 2.05) is 26.0 Å². The van der Waals surface area contributed by atoms with Crippen LogP contribution in [0.3, 0.4) is 0 Å². The van der Waals surface area contributed by atoms with Gasteiger partial charge in [0.25, 0.3) is 5.91 Å². The van der Waals surface area contributed by atoms with Gasteiger partial charge in [-0.05, 0) is 38.8 Å². The second kappa shape index (κ2) is 5.44. The lowest BCUT2D eigenvalue weighted by atomic mass is 9.99. The maximum absolute atomic E-state index is 12.9. The second-order valence-corrected chi connectivity index (χ2v) is 6.83. The Labute approximate surface area is 141 Å². The highest BCUT2D eigenvalue weighted by molar-refractivity contribution is 6.23. The number of hydrogen-bond acceptors (Lipinski definition) is 5. The molecule has 3 amide bonds.